The SMILES string of the molecule is Cc1c(N)nnn1CC(C)C1CCC1. The van der Waals surface area contributed by atoms with Gasteiger partial charge in [0.25, 0.3) is 0 Å². The van der Waals surface area contributed by atoms with Gasteiger partial charge in [0.2, 0.25) is 0 Å². The Hall–Kier alpha value is -1.06. The van der Waals surface area contributed by atoms with Crippen molar-refractivity contribution >= 4 is 5.82 Å². The molecule has 1 aromatic rings. The molecule has 0 saturated heterocycles. The molecule has 1 unspecified atom stereocenters. The maximum absolute atomic E-state index is 5.64. The van der Waals surface area contributed by atoms with Crippen LogP contribution >= 0.6 is 0 Å². The van der Waals surface area contributed by atoms with E-state index in [1.54, 1.807) is 0 Å². The summed E-state index contributed by atoms with van der Waals surface area (Å²) in [5, 5.41) is 7.90. The number of rotatable bonds is 3. The highest BCUT2D eigenvalue weighted by Crippen LogP contribution is 2.34. The van der Waals surface area contributed by atoms with Crippen molar-refractivity contribution < 1.29 is 0 Å². The largest absolute Gasteiger partial charge is 0.381 e. The summed E-state index contributed by atoms with van der Waals surface area (Å²) in [6.07, 6.45) is 4.16. The van der Waals surface area contributed by atoms with E-state index in [-0.39, 0.29) is 0 Å². The number of aromatic nitrogens is 3. The van der Waals surface area contributed by atoms with Crippen LogP contribution in [0.5, 0.6) is 0 Å². The quantitative estimate of drug-likeness (QED) is 0.795. The Labute approximate surface area is 84.5 Å². The smallest absolute Gasteiger partial charge is 0.168 e. The molecule has 0 aliphatic heterocycles. The van der Waals surface area contributed by atoms with Gasteiger partial charge in [-0.2, -0.15) is 0 Å². The summed E-state index contributed by atoms with van der Waals surface area (Å²) in [6.45, 7) is 5.23. The van der Waals surface area contributed by atoms with Crippen LogP contribution in [0.4, 0.5) is 5.82 Å². The van der Waals surface area contributed by atoms with Crippen LogP contribution in [0.15, 0.2) is 0 Å². The third-order valence-electron chi connectivity index (χ3n) is 3.43. The molecule has 78 valence electrons. The van der Waals surface area contributed by atoms with E-state index in [1.165, 1.54) is 19.3 Å². The van der Waals surface area contributed by atoms with Crippen molar-refractivity contribution in [3.63, 3.8) is 0 Å². The topological polar surface area (TPSA) is 56.7 Å². The van der Waals surface area contributed by atoms with Gasteiger partial charge < -0.3 is 5.73 Å². The normalized spacial score (nSPS) is 19.3. The number of anilines is 1. The number of nitrogens with zero attached hydrogens (tertiary/aromatic N) is 3. The van der Waals surface area contributed by atoms with Crippen molar-refractivity contribution in [2.24, 2.45) is 11.8 Å². The van der Waals surface area contributed by atoms with Gasteiger partial charge in [0.05, 0.1) is 5.69 Å². The van der Waals surface area contributed by atoms with Crippen molar-refractivity contribution in [1.82, 2.24) is 15.0 Å². The van der Waals surface area contributed by atoms with E-state index < -0.39 is 0 Å². The lowest BCUT2D eigenvalue weighted by Gasteiger charge is -2.31. The van der Waals surface area contributed by atoms with E-state index in [0.717, 1.165) is 18.2 Å². The van der Waals surface area contributed by atoms with Gasteiger partial charge in [-0.15, -0.1) is 5.10 Å². The second-order valence-electron chi connectivity index (χ2n) is 4.41. The highest BCUT2D eigenvalue weighted by molar-refractivity contribution is 5.31. The number of nitrogen functional groups attached to an aromatic ring is 1. The lowest BCUT2D eigenvalue weighted by molar-refractivity contribution is 0.194. The molecule has 0 spiro atoms. The van der Waals surface area contributed by atoms with Crippen LogP contribution in [0.2, 0.25) is 0 Å². The van der Waals surface area contributed by atoms with E-state index in [2.05, 4.69) is 17.2 Å². The summed E-state index contributed by atoms with van der Waals surface area (Å²) in [7, 11) is 0. The van der Waals surface area contributed by atoms with Gasteiger partial charge in [-0.05, 0) is 18.8 Å². The summed E-state index contributed by atoms with van der Waals surface area (Å²) in [5.41, 5.74) is 6.64. The fourth-order valence-corrected chi connectivity index (χ4v) is 1.98. The maximum atomic E-state index is 5.64. The molecule has 0 amide bonds. The van der Waals surface area contributed by atoms with Crippen LogP contribution in [0.1, 0.15) is 31.9 Å². The lowest BCUT2D eigenvalue weighted by Crippen LogP contribution is -2.24. The summed E-state index contributed by atoms with van der Waals surface area (Å²) < 4.78 is 1.93. The molecule has 4 heteroatoms. The lowest BCUT2D eigenvalue weighted by atomic mass is 9.77. The molecule has 1 aromatic heterocycles. The molecule has 14 heavy (non-hydrogen) atoms. The van der Waals surface area contributed by atoms with Crippen molar-refractivity contribution in [2.45, 2.75) is 39.7 Å². The van der Waals surface area contributed by atoms with Gasteiger partial charge in [-0.1, -0.05) is 31.4 Å². The Morgan fingerprint density at radius 3 is 2.71 bits per heavy atom. The van der Waals surface area contributed by atoms with Gasteiger partial charge in [0, 0.05) is 6.54 Å². The molecular formula is C10H18N4. The summed E-state index contributed by atoms with van der Waals surface area (Å²) in [6, 6.07) is 0. The zero-order valence-electron chi connectivity index (χ0n) is 8.90. The average Bonchev–Trinajstić information content (AvgIpc) is 2.33. The minimum absolute atomic E-state index is 0.561. The van der Waals surface area contributed by atoms with Crippen LogP contribution in [-0.2, 0) is 6.54 Å². The maximum Gasteiger partial charge on any atom is 0.168 e. The van der Waals surface area contributed by atoms with Crippen molar-refractivity contribution in [1.29, 1.82) is 0 Å². The first kappa shape index (κ1) is 9.49. The Bertz CT molecular complexity index is 314. The van der Waals surface area contributed by atoms with E-state index in [9.17, 15) is 0 Å². The summed E-state index contributed by atoms with van der Waals surface area (Å²) in [5.74, 6) is 2.15. The monoisotopic (exact) mass is 194 g/mol. The Kier molecular flexibility index (Phi) is 2.44. The molecule has 4 nitrogen and oxygen atoms in total. The molecule has 0 radical (unpaired) electrons. The van der Waals surface area contributed by atoms with Crippen LogP contribution in [0.25, 0.3) is 0 Å². The first-order valence-electron chi connectivity index (χ1n) is 5.34. The third kappa shape index (κ3) is 1.61. The summed E-state index contributed by atoms with van der Waals surface area (Å²) >= 11 is 0. The van der Waals surface area contributed by atoms with E-state index in [0.29, 0.717) is 11.7 Å². The number of hydrogen-bond donors (Lipinski definition) is 1. The predicted octanol–water partition coefficient (Wildman–Crippen LogP) is 1.60. The Morgan fingerprint density at radius 1 is 1.57 bits per heavy atom. The van der Waals surface area contributed by atoms with E-state index in [1.807, 2.05) is 11.6 Å². The van der Waals surface area contributed by atoms with E-state index in [4.69, 9.17) is 5.73 Å². The molecule has 0 bridgehead atoms. The zero-order valence-corrected chi connectivity index (χ0v) is 8.90. The second kappa shape index (κ2) is 3.59. The molecule has 1 saturated carbocycles. The molecule has 2 rings (SSSR count). The van der Waals surface area contributed by atoms with E-state index >= 15 is 0 Å². The fraction of sp³-hybridized carbons (Fsp3) is 0.800. The molecule has 1 fully saturated rings. The van der Waals surface area contributed by atoms with Crippen LogP contribution in [-0.4, -0.2) is 15.0 Å². The van der Waals surface area contributed by atoms with Crippen molar-refractivity contribution in [2.75, 3.05) is 5.73 Å². The minimum Gasteiger partial charge on any atom is -0.381 e. The van der Waals surface area contributed by atoms with Gasteiger partial charge in [0.15, 0.2) is 5.82 Å². The minimum atomic E-state index is 0.561. The van der Waals surface area contributed by atoms with Crippen molar-refractivity contribution in [3.8, 4) is 0 Å². The van der Waals surface area contributed by atoms with Crippen LogP contribution < -0.4 is 5.73 Å². The molecular weight excluding hydrogens is 176 g/mol. The highest BCUT2D eigenvalue weighted by Gasteiger charge is 2.24. The molecule has 1 aliphatic rings. The predicted molar refractivity (Wildman–Crippen MR) is 55.7 cm³/mol. The molecule has 0 aromatic carbocycles. The zero-order chi connectivity index (χ0) is 10.1. The van der Waals surface area contributed by atoms with Crippen LogP contribution in [0.3, 0.4) is 0 Å². The molecule has 1 aliphatic carbocycles. The molecule has 1 atom stereocenters. The Morgan fingerprint density at radius 2 is 2.29 bits per heavy atom. The van der Waals surface area contributed by atoms with Gasteiger partial charge in [-0.25, -0.2) is 4.68 Å². The number of hydrogen-bond acceptors (Lipinski definition) is 3. The highest BCUT2D eigenvalue weighted by atomic mass is 15.4. The standard InChI is InChI=1S/C10H18N4/c1-7(9-4-3-5-9)6-14-8(2)10(11)12-13-14/h7,9H,3-6,11H2,1-2H3. The fourth-order valence-electron chi connectivity index (χ4n) is 1.98. The molecule has 1 heterocycles. The van der Waals surface area contributed by atoms with Gasteiger partial charge >= 0.3 is 0 Å². The first-order chi connectivity index (χ1) is 6.68. The molecule has 2 N–H and O–H groups in total. The van der Waals surface area contributed by atoms with Crippen LogP contribution in [0, 0.1) is 18.8 Å². The third-order valence-corrected chi connectivity index (χ3v) is 3.43. The Balaban J connectivity index is 1.99. The average molecular weight is 194 g/mol. The summed E-state index contributed by atoms with van der Waals surface area (Å²) in [4.78, 5) is 0. The van der Waals surface area contributed by atoms with Gasteiger partial charge in [-0.3, -0.25) is 0 Å². The first-order valence-corrected chi connectivity index (χ1v) is 5.34. The van der Waals surface area contributed by atoms with Crippen molar-refractivity contribution in [3.05, 3.63) is 5.69 Å². The number of nitrogens with two attached hydrogens (primary N) is 1. The van der Waals surface area contributed by atoms with Gasteiger partial charge in [0.1, 0.15) is 0 Å². The second-order valence-corrected chi connectivity index (χ2v) is 4.41.